The minimum atomic E-state index is -1.75. The molecule has 0 spiro atoms. The van der Waals surface area contributed by atoms with Crippen molar-refractivity contribution in [2.24, 2.45) is 12.0 Å². The van der Waals surface area contributed by atoms with Gasteiger partial charge in [0.25, 0.3) is 5.91 Å². The summed E-state index contributed by atoms with van der Waals surface area (Å²) in [7, 11) is 3.24. The number of aliphatic imine (C=N–C) groups is 1. The lowest BCUT2D eigenvalue weighted by atomic mass is 10.1. The van der Waals surface area contributed by atoms with Crippen LogP contribution in [0.5, 0.6) is 5.75 Å². The summed E-state index contributed by atoms with van der Waals surface area (Å²) in [6.45, 7) is -1.76. The number of anilines is 2. The second-order valence-electron chi connectivity index (χ2n) is 5.99. The normalized spacial score (nSPS) is 10.8. The first-order valence-corrected chi connectivity index (χ1v) is 8.91. The lowest BCUT2D eigenvalue weighted by molar-refractivity contribution is -0.110. The summed E-state index contributed by atoms with van der Waals surface area (Å²) in [5, 5.41) is 6.77. The van der Waals surface area contributed by atoms with Crippen molar-refractivity contribution in [3.8, 4) is 5.75 Å². The van der Waals surface area contributed by atoms with Gasteiger partial charge in [-0.2, -0.15) is 9.49 Å². The maximum Gasteiger partial charge on any atom is 0.275 e. The zero-order valence-electron chi connectivity index (χ0n) is 16.8. The molecular weight excluding hydrogens is 413 g/mol. The Kier molecular flexibility index (Phi) is 8.55. The van der Waals surface area contributed by atoms with Gasteiger partial charge in [-0.1, -0.05) is 0 Å². The fraction of sp³-hybridized carbons (Fsp3) is 0.200. The second-order valence-corrected chi connectivity index (χ2v) is 5.99. The summed E-state index contributed by atoms with van der Waals surface area (Å²) in [4.78, 5) is 20.2. The highest BCUT2D eigenvalue weighted by Gasteiger charge is 2.18. The van der Waals surface area contributed by atoms with Crippen LogP contribution in [0.15, 0.2) is 53.8 Å². The number of hydrogen-bond donors (Lipinski definition) is 2. The first kappa shape index (κ1) is 23.4. The third-order valence-electron chi connectivity index (χ3n) is 3.90. The number of benzene rings is 1. The number of nitrogen functional groups attached to an aromatic ring is 1. The van der Waals surface area contributed by atoms with E-state index in [0.29, 0.717) is 28.4 Å². The lowest BCUT2D eigenvalue weighted by Crippen LogP contribution is -2.25. The van der Waals surface area contributed by atoms with Gasteiger partial charge in [-0.3, -0.25) is 14.5 Å². The minimum absolute atomic E-state index is 0.0121. The monoisotopic (exact) mass is 434 g/mol. The van der Waals surface area contributed by atoms with E-state index in [-0.39, 0.29) is 12.3 Å². The zero-order valence-corrected chi connectivity index (χ0v) is 16.8. The summed E-state index contributed by atoms with van der Waals surface area (Å²) in [6, 6.07) is 9.70. The highest BCUT2D eigenvalue weighted by atomic mass is 19.3. The molecule has 31 heavy (non-hydrogen) atoms. The quantitative estimate of drug-likeness (QED) is 0.352. The van der Waals surface area contributed by atoms with Crippen LogP contribution < -0.4 is 15.8 Å². The molecule has 0 saturated carbocycles. The third-order valence-corrected chi connectivity index (χ3v) is 3.90. The summed E-state index contributed by atoms with van der Waals surface area (Å²) >= 11 is 0. The van der Waals surface area contributed by atoms with Crippen molar-refractivity contribution in [2.45, 2.75) is 6.61 Å². The molecule has 3 rings (SSSR count). The van der Waals surface area contributed by atoms with Crippen molar-refractivity contribution < 1.29 is 22.7 Å². The van der Waals surface area contributed by atoms with E-state index < -0.39 is 18.8 Å². The van der Waals surface area contributed by atoms with Gasteiger partial charge in [0.15, 0.2) is 5.82 Å². The second kappa shape index (κ2) is 11.3. The molecule has 0 saturated heterocycles. The van der Waals surface area contributed by atoms with E-state index in [2.05, 4.69) is 20.4 Å². The topological polar surface area (TPSA) is 107 Å². The Morgan fingerprint density at radius 3 is 2.65 bits per heavy atom. The van der Waals surface area contributed by atoms with Crippen LogP contribution in [-0.2, 0) is 18.4 Å². The standard InChI is InChI=1S/C19H19FN6O2.CH2F2/c1-22-17(19(27)24-16-7-9-26(2)25-16)14-10-13(5-6-15(14)21)28-11-12-4-3-8-23-18(12)20;2-1-3/h3-10H,11,21H2,1-2H3,(H,24,25,27);1H2. The number of ether oxygens (including phenoxy) is 1. The third kappa shape index (κ3) is 6.56. The number of nitrogens with one attached hydrogen (secondary N) is 1. The van der Waals surface area contributed by atoms with E-state index in [9.17, 15) is 18.0 Å². The minimum Gasteiger partial charge on any atom is -0.489 e. The number of hydrogen-bond acceptors (Lipinski definition) is 6. The molecule has 2 aromatic heterocycles. The van der Waals surface area contributed by atoms with Crippen molar-refractivity contribution in [1.29, 1.82) is 0 Å². The van der Waals surface area contributed by atoms with Crippen LogP contribution in [0.4, 0.5) is 24.7 Å². The van der Waals surface area contributed by atoms with Gasteiger partial charge in [0, 0.05) is 49.4 Å². The molecule has 0 aliphatic carbocycles. The van der Waals surface area contributed by atoms with E-state index in [1.807, 2.05) is 0 Å². The summed E-state index contributed by atoms with van der Waals surface area (Å²) in [6.07, 6.45) is 3.07. The number of alkyl halides is 2. The number of amides is 1. The van der Waals surface area contributed by atoms with Crippen LogP contribution in [0.1, 0.15) is 11.1 Å². The molecule has 0 aliphatic rings. The van der Waals surface area contributed by atoms with Crippen LogP contribution in [0.2, 0.25) is 0 Å². The van der Waals surface area contributed by atoms with E-state index >= 15 is 0 Å². The van der Waals surface area contributed by atoms with Gasteiger partial charge < -0.3 is 15.8 Å². The predicted octanol–water partition coefficient (Wildman–Crippen LogP) is 3.06. The van der Waals surface area contributed by atoms with Crippen LogP contribution in [0.3, 0.4) is 0 Å². The molecule has 0 aliphatic heterocycles. The Morgan fingerprint density at radius 1 is 1.29 bits per heavy atom. The summed E-state index contributed by atoms with van der Waals surface area (Å²) in [5.41, 5.74) is 7.23. The Bertz CT molecular complexity index is 1050. The highest BCUT2D eigenvalue weighted by molar-refractivity contribution is 6.49. The fourth-order valence-electron chi connectivity index (χ4n) is 2.52. The number of halogens is 3. The van der Waals surface area contributed by atoms with Gasteiger partial charge in [-0.15, -0.1) is 0 Å². The average Bonchev–Trinajstić information content (AvgIpc) is 3.15. The number of carbonyl (C=O) groups excluding carboxylic acids is 1. The number of aryl methyl sites for hydroxylation is 1. The molecule has 1 aromatic carbocycles. The molecule has 0 atom stereocenters. The van der Waals surface area contributed by atoms with Gasteiger partial charge in [-0.05, 0) is 30.3 Å². The molecule has 2 heterocycles. The molecule has 0 bridgehead atoms. The number of pyridine rings is 1. The fourth-order valence-corrected chi connectivity index (χ4v) is 2.52. The molecule has 164 valence electrons. The van der Waals surface area contributed by atoms with Crippen molar-refractivity contribution >= 4 is 23.1 Å². The Labute approximate surface area is 176 Å². The predicted molar refractivity (Wildman–Crippen MR) is 111 cm³/mol. The van der Waals surface area contributed by atoms with Crippen LogP contribution in [0.25, 0.3) is 0 Å². The smallest absolute Gasteiger partial charge is 0.275 e. The van der Waals surface area contributed by atoms with Gasteiger partial charge >= 0.3 is 0 Å². The number of carbonyl (C=O) groups is 1. The molecule has 8 nitrogen and oxygen atoms in total. The average molecular weight is 434 g/mol. The largest absolute Gasteiger partial charge is 0.489 e. The SMILES string of the molecule is CN=C(C(=O)Nc1ccn(C)n1)c1cc(OCc2cccnc2F)ccc1N.FCF. The van der Waals surface area contributed by atoms with Crippen molar-refractivity contribution in [3.63, 3.8) is 0 Å². The van der Waals surface area contributed by atoms with Crippen LogP contribution >= 0.6 is 0 Å². The number of aromatic nitrogens is 3. The van der Waals surface area contributed by atoms with Crippen LogP contribution in [0, 0.1) is 5.95 Å². The van der Waals surface area contributed by atoms with Gasteiger partial charge in [0.05, 0.1) is 0 Å². The molecule has 1 amide bonds. The highest BCUT2D eigenvalue weighted by Crippen LogP contribution is 2.22. The van der Waals surface area contributed by atoms with E-state index in [0.717, 1.165) is 0 Å². The van der Waals surface area contributed by atoms with Crippen molar-refractivity contribution in [3.05, 3.63) is 65.9 Å². The van der Waals surface area contributed by atoms with Gasteiger partial charge in [0.2, 0.25) is 12.9 Å². The van der Waals surface area contributed by atoms with Crippen molar-refractivity contribution in [1.82, 2.24) is 14.8 Å². The van der Waals surface area contributed by atoms with E-state index in [4.69, 9.17) is 10.5 Å². The molecule has 0 fully saturated rings. The molecule has 3 aromatic rings. The Morgan fingerprint density at radius 2 is 2.03 bits per heavy atom. The molecule has 3 N–H and O–H groups in total. The molecular formula is C20H21F3N6O2. The first-order chi connectivity index (χ1) is 14.9. The molecule has 0 unspecified atom stereocenters. The maximum absolute atomic E-state index is 13.6. The summed E-state index contributed by atoms with van der Waals surface area (Å²) < 4.78 is 40.1. The first-order valence-electron chi connectivity index (χ1n) is 8.91. The number of nitrogens with zero attached hydrogens (tertiary/aromatic N) is 4. The van der Waals surface area contributed by atoms with Gasteiger partial charge in [0.1, 0.15) is 18.1 Å². The van der Waals surface area contributed by atoms with Crippen LogP contribution in [-0.4, -0.2) is 40.4 Å². The molecule has 11 heteroatoms. The zero-order chi connectivity index (χ0) is 22.8. The Hall–Kier alpha value is -3.89. The number of rotatable bonds is 6. The number of nitrogens with two attached hydrogens (primary N) is 1. The summed E-state index contributed by atoms with van der Waals surface area (Å²) in [5.74, 6) is -0.238. The maximum atomic E-state index is 13.6. The van der Waals surface area contributed by atoms with E-state index in [1.54, 1.807) is 54.3 Å². The van der Waals surface area contributed by atoms with E-state index in [1.165, 1.54) is 13.2 Å². The Balaban J connectivity index is 0.00000107. The molecule has 0 radical (unpaired) electrons. The van der Waals surface area contributed by atoms with Gasteiger partial charge in [-0.25, -0.2) is 13.8 Å². The van der Waals surface area contributed by atoms with Crippen molar-refractivity contribution in [2.75, 3.05) is 25.0 Å². The lowest BCUT2D eigenvalue weighted by Gasteiger charge is -2.12.